The summed E-state index contributed by atoms with van der Waals surface area (Å²) < 4.78 is 0. The number of piperazine rings is 1. The van der Waals surface area contributed by atoms with Crippen molar-refractivity contribution in [3.63, 3.8) is 0 Å². The zero-order valence-electron chi connectivity index (χ0n) is 17.5. The lowest BCUT2D eigenvalue weighted by Crippen LogP contribution is -2.49. The summed E-state index contributed by atoms with van der Waals surface area (Å²) in [4.78, 5) is 31.2. The molecule has 0 N–H and O–H groups in total. The number of carbonyl (C=O) groups excluding carboxylic acids is 2. The molecule has 0 aliphatic carbocycles. The standard InChI is InChI=1S/C24H29N3O2/c1-17-4-10-22(18(2)16-17)25-12-14-26(15-13-25)24(29)20-6-8-21(9-7-20)27-19(3)5-11-23(27)28/h4,6-10,16,19H,5,11-15H2,1-3H3. The minimum Gasteiger partial charge on any atom is -0.368 e. The normalized spacial score (nSPS) is 19.8. The van der Waals surface area contributed by atoms with E-state index in [9.17, 15) is 9.59 Å². The second-order valence-corrected chi connectivity index (χ2v) is 8.27. The lowest BCUT2D eigenvalue weighted by atomic mass is 10.1. The fourth-order valence-electron chi connectivity index (χ4n) is 4.48. The molecule has 2 amide bonds. The molecule has 5 nitrogen and oxygen atoms in total. The predicted octanol–water partition coefficient (Wildman–Crippen LogP) is 3.78. The highest BCUT2D eigenvalue weighted by atomic mass is 16.2. The highest BCUT2D eigenvalue weighted by molar-refractivity contribution is 5.98. The monoisotopic (exact) mass is 391 g/mol. The van der Waals surface area contributed by atoms with E-state index in [0.29, 0.717) is 12.0 Å². The van der Waals surface area contributed by atoms with E-state index >= 15 is 0 Å². The van der Waals surface area contributed by atoms with Gasteiger partial charge in [0.25, 0.3) is 5.91 Å². The maximum absolute atomic E-state index is 12.9. The van der Waals surface area contributed by atoms with E-state index in [-0.39, 0.29) is 17.9 Å². The van der Waals surface area contributed by atoms with Gasteiger partial charge in [-0.15, -0.1) is 0 Å². The molecule has 0 aromatic heterocycles. The molecule has 0 bridgehead atoms. The minimum atomic E-state index is 0.0672. The Labute approximate surface area is 172 Å². The zero-order chi connectivity index (χ0) is 20.5. The first kappa shape index (κ1) is 19.5. The van der Waals surface area contributed by atoms with Gasteiger partial charge in [-0.3, -0.25) is 9.59 Å². The van der Waals surface area contributed by atoms with Crippen LogP contribution in [0.25, 0.3) is 0 Å². The quantitative estimate of drug-likeness (QED) is 0.800. The number of aryl methyl sites for hydroxylation is 2. The molecule has 0 radical (unpaired) electrons. The van der Waals surface area contributed by atoms with Gasteiger partial charge < -0.3 is 14.7 Å². The molecule has 4 rings (SSSR count). The molecule has 2 aliphatic rings. The second kappa shape index (κ2) is 7.90. The van der Waals surface area contributed by atoms with E-state index in [1.807, 2.05) is 34.1 Å². The first-order valence-corrected chi connectivity index (χ1v) is 10.5. The Balaban J connectivity index is 1.40. The molecule has 29 heavy (non-hydrogen) atoms. The summed E-state index contributed by atoms with van der Waals surface area (Å²) in [6.07, 6.45) is 1.50. The molecule has 1 atom stereocenters. The molecule has 2 aromatic rings. The van der Waals surface area contributed by atoms with Gasteiger partial charge in [-0.25, -0.2) is 0 Å². The number of nitrogens with zero attached hydrogens (tertiary/aromatic N) is 3. The third-order valence-electron chi connectivity index (χ3n) is 6.14. The molecule has 2 aromatic carbocycles. The summed E-state index contributed by atoms with van der Waals surface area (Å²) in [5, 5.41) is 0. The predicted molar refractivity (Wildman–Crippen MR) is 117 cm³/mol. The average Bonchev–Trinajstić information content (AvgIpc) is 3.06. The minimum absolute atomic E-state index is 0.0672. The summed E-state index contributed by atoms with van der Waals surface area (Å²) in [5.74, 6) is 0.233. The third kappa shape index (κ3) is 3.86. The van der Waals surface area contributed by atoms with Gasteiger partial charge in [-0.2, -0.15) is 0 Å². The van der Waals surface area contributed by atoms with Gasteiger partial charge in [0.1, 0.15) is 0 Å². The van der Waals surface area contributed by atoms with Crippen molar-refractivity contribution in [3.8, 4) is 0 Å². The number of rotatable bonds is 3. The van der Waals surface area contributed by atoms with Gasteiger partial charge in [-0.05, 0) is 63.1 Å². The Morgan fingerprint density at radius 3 is 2.24 bits per heavy atom. The summed E-state index contributed by atoms with van der Waals surface area (Å²) in [6.45, 7) is 9.44. The van der Waals surface area contributed by atoms with Crippen LogP contribution in [0.2, 0.25) is 0 Å². The number of amides is 2. The fourth-order valence-corrected chi connectivity index (χ4v) is 4.48. The molecule has 152 valence electrons. The maximum Gasteiger partial charge on any atom is 0.253 e. The largest absolute Gasteiger partial charge is 0.368 e. The van der Waals surface area contributed by atoms with Gasteiger partial charge >= 0.3 is 0 Å². The van der Waals surface area contributed by atoms with Gasteiger partial charge in [0.2, 0.25) is 5.91 Å². The fraction of sp³-hybridized carbons (Fsp3) is 0.417. The molecule has 0 saturated carbocycles. The van der Waals surface area contributed by atoms with Crippen LogP contribution in [-0.4, -0.2) is 48.9 Å². The topological polar surface area (TPSA) is 43.9 Å². The van der Waals surface area contributed by atoms with Gasteiger partial charge in [0.05, 0.1) is 0 Å². The van der Waals surface area contributed by atoms with Crippen molar-refractivity contribution in [3.05, 3.63) is 59.2 Å². The van der Waals surface area contributed by atoms with Crippen molar-refractivity contribution < 1.29 is 9.59 Å². The average molecular weight is 392 g/mol. The molecular formula is C24H29N3O2. The summed E-state index contributed by atoms with van der Waals surface area (Å²) >= 11 is 0. The molecule has 2 aliphatic heterocycles. The highest BCUT2D eigenvalue weighted by Gasteiger charge is 2.29. The van der Waals surface area contributed by atoms with Crippen LogP contribution < -0.4 is 9.80 Å². The van der Waals surface area contributed by atoms with Gasteiger partial charge in [0, 0.05) is 55.6 Å². The Bertz CT molecular complexity index is 914. The lowest BCUT2D eigenvalue weighted by molar-refractivity contribution is -0.117. The van der Waals surface area contributed by atoms with Crippen molar-refractivity contribution in [2.75, 3.05) is 36.0 Å². The van der Waals surface area contributed by atoms with Crippen molar-refractivity contribution in [1.82, 2.24) is 4.90 Å². The Morgan fingerprint density at radius 2 is 1.66 bits per heavy atom. The molecule has 0 spiro atoms. The number of hydrogen-bond donors (Lipinski definition) is 0. The lowest BCUT2D eigenvalue weighted by Gasteiger charge is -2.37. The van der Waals surface area contributed by atoms with E-state index < -0.39 is 0 Å². The summed E-state index contributed by atoms with van der Waals surface area (Å²) in [5.41, 5.74) is 5.39. The van der Waals surface area contributed by atoms with Crippen LogP contribution in [0.15, 0.2) is 42.5 Å². The van der Waals surface area contributed by atoms with Crippen LogP contribution in [0.4, 0.5) is 11.4 Å². The smallest absolute Gasteiger partial charge is 0.253 e. The first-order valence-electron chi connectivity index (χ1n) is 10.5. The molecule has 5 heteroatoms. The van der Waals surface area contributed by atoms with Crippen molar-refractivity contribution >= 4 is 23.2 Å². The summed E-state index contributed by atoms with van der Waals surface area (Å²) in [6, 6.07) is 14.3. The van der Waals surface area contributed by atoms with Crippen LogP contribution in [0, 0.1) is 13.8 Å². The van der Waals surface area contributed by atoms with Crippen LogP contribution >= 0.6 is 0 Å². The first-order chi connectivity index (χ1) is 13.9. The van der Waals surface area contributed by atoms with Crippen LogP contribution in [0.5, 0.6) is 0 Å². The number of carbonyl (C=O) groups is 2. The van der Waals surface area contributed by atoms with Gasteiger partial charge in [-0.1, -0.05) is 17.7 Å². The van der Waals surface area contributed by atoms with Crippen LogP contribution in [-0.2, 0) is 4.79 Å². The molecular weight excluding hydrogens is 362 g/mol. The molecule has 2 heterocycles. The Kier molecular flexibility index (Phi) is 5.31. The summed E-state index contributed by atoms with van der Waals surface area (Å²) in [7, 11) is 0. The highest BCUT2D eigenvalue weighted by Crippen LogP contribution is 2.27. The van der Waals surface area contributed by atoms with Gasteiger partial charge in [0.15, 0.2) is 0 Å². The second-order valence-electron chi connectivity index (χ2n) is 8.27. The number of benzene rings is 2. The van der Waals surface area contributed by atoms with E-state index in [1.165, 1.54) is 16.8 Å². The van der Waals surface area contributed by atoms with E-state index in [4.69, 9.17) is 0 Å². The van der Waals surface area contributed by atoms with Crippen molar-refractivity contribution in [1.29, 1.82) is 0 Å². The van der Waals surface area contributed by atoms with E-state index in [0.717, 1.165) is 38.3 Å². The van der Waals surface area contributed by atoms with Crippen LogP contribution in [0.3, 0.4) is 0 Å². The third-order valence-corrected chi connectivity index (χ3v) is 6.14. The number of hydrogen-bond acceptors (Lipinski definition) is 3. The zero-order valence-corrected chi connectivity index (χ0v) is 17.5. The van der Waals surface area contributed by atoms with Crippen molar-refractivity contribution in [2.45, 2.75) is 39.7 Å². The van der Waals surface area contributed by atoms with E-state index in [1.54, 1.807) is 0 Å². The number of anilines is 2. The Morgan fingerprint density at radius 1 is 0.966 bits per heavy atom. The Hall–Kier alpha value is -2.82. The van der Waals surface area contributed by atoms with E-state index in [2.05, 4.69) is 43.9 Å². The van der Waals surface area contributed by atoms with Crippen molar-refractivity contribution in [2.24, 2.45) is 0 Å². The molecule has 2 fully saturated rings. The SMILES string of the molecule is Cc1ccc(N2CCN(C(=O)c3ccc(N4C(=O)CCC4C)cc3)CC2)c(C)c1. The maximum atomic E-state index is 12.9. The van der Waals surface area contributed by atoms with Crippen LogP contribution in [0.1, 0.15) is 41.3 Å². The molecule has 1 unspecified atom stereocenters. The molecule has 2 saturated heterocycles.